The summed E-state index contributed by atoms with van der Waals surface area (Å²) < 4.78 is 5.19. The van der Waals surface area contributed by atoms with Crippen LogP contribution in [0.5, 0.6) is 0 Å². The van der Waals surface area contributed by atoms with Crippen LogP contribution in [-0.4, -0.2) is 23.2 Å². The average Bonchev–Trinajstić information content (AvgIpc) is 2.73. The molecule has 0 bridgehead atoms. The molecule has 0 saturated heterocycles. The van der Waals surface area contributed by atoms with Crippen molar-refractivity contribution in [1.29, 1.82) is 0 Å². The first-order valence-electron chi connectivity index (χ1n) is 5.67. The van der Waals surface area contributed by atoms with Gasteiger partial charge in [0.05, 0.1) is 0 Å². The van der Waals surface area contributed by atoms with E-state index in [4.69, 9.17) is 4.52 Å². The second kappa shape index (κ2) is 5.85. The zero-order chi connectivity index (χ0) is 11.3. The largest absolute Gasteiger partial charge is 0.339 e. The highest BCUT2D eigenvalue weighted by molar-refractivity contribution is 4.93. The van der Waals surface area contributed by atoms with Crippen LogP contribution in [0.25, 0.3) is 0 Å². The minimum atomic E-state index is 0.393. The lowest BCUT2D eigenvalue weighted by molar-refractivity contribution is 0.362. The minimum Gasteiger partial charge on any atom is -0.339 e. The van der Waals surface area contributed by atoms with E-state index in [1.54, 1.807) is 0 Å². The molecule has 1 rings (SSSR count). The molecule has 2 atom stereocenters. The number of hydrogen-bond acceptors (Lipinski definition) is 4. The Labute approximate surface area is 91.5 Å². The highest BCUT2D eigenvalue weighted by Gasteiger charge is 2.12. The van der Waals surface area contributed by atoms with Gasteiger partial charge in [0.1, 0.15) is 0 Å². The molecule has 1 N–H and O–H groups in total. The maximum absolute atomic E-state index is 5.19. The van der Waals surface area contributed by atoms with E-state index in [0.29, 0.717) is 12.0 Å². The number of nitrogens with zero attached hydrogens (tertiary/aromatic N) is 2. The third kappa shape index (κ3) is 3.63. The fourth-order valence-electron chi connectivity index (χ4n) is 1.24. The predicted octanol–water partition coefficient (Wildman–Crippen LogP) is 2.12. The Kier molecular flexibility index (Phi) is 4.75. The quantitative estimate of drug-likeness (QED) is 0.783. The summed E-state index contributed by atoms with van der Waals surface area (Å²) in [6.45, 7) is 6.39. The average molecular weight is 211 g/mol. The van der Waals surface area contributed by atoms with Crippen LogP contribution >= 0.6 is 0 Å². The fourth-order valence-corrected chi connectivity index (χ4v) is 1.24. The van der Waals surface area contributed by atoms with E-state index in [1.807, 2.05) is 7.05 Å². The summed E-state index contributed by atoms with van der Waals surface area (Å²) in [6, 6.07) is 0.490. The van der Waals surface area contributed by atoms with Crippen molar-refractivity contribution in [1.82, 2.24) is 15.5 Å². The summed E-state index contributed by atoms with van der Waals surface area (Å²) >= 11 is 0. The van der Waals surface area contributed by atoms with Crippen LogP contribution in [0, 0.1) is 0 Å². The topological polar surface area (TPSA) is 51.0 Å². The lowest BCUT2D eigenvalue weighted by Gasteiger charge is -2.06. The first-order chi connectivity index (χ1) is 7.17. The molecule has 4 heteroatoms. The van der Waals surface area contributed by atoms with Crippen molar-refractivity contribution in [3.63, 3.8) is 0 Å². The molecule has 4 nitrogen and oxygen atoms in total. The van der Waals surface area contributed by atoms with Crippen LogP contribution in [0.3, 0.4) is 0 Å². The molecule has 0 aromatic carbocycles. The molecule has 1 aromatic rings. The summed E-state index contributed by atoms with van der Waals surface area (Å²) in [5.74, 6) is 1.99. The molecule has 0 amide bonds. The predicted molar refractivity (Wildman–Crippen MR) is 59.8 cm³/mol. The van der Waals surface area contributed by atoms with E-state index in [0.717, 1.165) is 31.0 Å². The molecule has 0 radical (unpaired) electrons. The molecule has 0 aliphatic rings. The maximum atomic E-state index is 5.19. The van der Waals surface area contributed by atoms with Gasteiger partial charge in [-0.25, -0.2) is 0 Å². The summed E-state index contributed by atoms with van der Waals surface area (Å²) in [5.41, 5.74) is 0. The molecule has 86 valence electrons. The third-order valence-corrected chi connectivity index (χ3v) is 2.82. The first-order valence-corrected chi connectivity index (χ1v) is 5.67. The molecule has 0 aliphatic carbocycles. The Morgan fingerprint density at radius 1 is 1.40 bits per heavy atom. The minimum absolute atomic E-state index is 0.393. The molecule has 0 saturated carbocycles. The van der Waals surface area contributed by atoms with Crippen molar-refractivity contribution in [3.8, 4) is 0 Å². The van der Waals surface area contributed by atoms with Crippen LogP contribution in [0.15, 0.2) is 4.52 Å². The SMILES string of the molecule is CCC(C)c1noc(CCC(C)NC)n1. The third-order valence-electron chi connectivity index (χ3n) is 2.82. The zero-order valence-electron chi connectivity index (χ0n) is 10.1. The maximum Gasteiger partial charge on any atom is 0.226 e. The van der Waals surface area contributed by atoms with Crippen LogP contribution in [0.2, 0.25) is 0 Å². The summed E-state index contributed by atoms with van der Waals surface area (Å²) in [4.78, 5) is 4.38. The molecule has 0 aliphatic heterocycles. The smallest absolute Gasteiger partial charge is 0.226 e. The molecule has 2 unspecified atom stereocenters. The lowest BCUT2D eigenvalue weighted by Crippen LogP contribution is -2.21. The molecule has 1 aromatic heterocycles. The van der Waals surface area contributed by atoms with Crippen molar-refractivity contribution >= 4 is 0 Å². The van der Waals surface area contributed by atoms with Crippen LogP contribution in [-0.2, 0) is 6.42 Å². The second-order valence-electron chi connectivity index (χ2n) is 4.08. The van der Waals surface area contributed by atoms with Crippen molar-refractivity contribution in [2.75, 3.05) is 7.05 Å². The molecule has 15 heavy (non-hydrogen) atoms. The molecule has 0 spiro atoms. The number of aryl methyl sites for hydroxylation is 1. The first kappa shape index (κ1) is 12.2. The Morgan fingerprint density at radius 2 is 2.13 bits per heavy atom. The Morgan fingerprint density at radius 3 is 2.73 bits per heavy atom. The Balaban J connectivity index is 2.46. The van der Waals surface area contributed by atoms with Gasteiger partial charge in [-0.2, -0.15) is 4.98 Å². The van der Waals surface area contributed by atoms with Crippen molar-refractivity contribution in [2.24, 2.45) is 0 Å². The van der Waals surface area contributed by atoms with Crippen molar-refractivity contribution < 1.29 is 4.52 Å². The van der Waals surface area contributed by atoms with Crippen molar-refractivity contribution in [2.45, 2.75) is 52.0 Å². The highest BCUT2D eigenvalue weighted by Crippen LogP contribution is 2.15. The Bertz CT molecular complexity index is 285. The molecule has 0 fully saturated rings. The Hall–Kier alpha value is -0.900. The van der Waals surface area contributed by atoms with Gasteiger partial charge in [0, 0.05) is 18.4 Å². The van der Waals surface area contributed by atoms with Gasteiger partial charge in [0.25, 0.3) is 0 Å². The zero-order valence-corrected chi connectivity index (χ0v) is 10.1. The van der Waals surface area contributed by atoms with Gasteiger partial charge in [-0.3, -0.25) is 0 Å². The molecular weight excluding hydrogens is 190 g/mol. The number of hydrogen-bond donors (Lipinski definition) is 1. The van der Waals surface area contributed by atoms with Crippen LogP contribution < -0.4 is 5.32 Å². The van der Waals surface area contributed by atoms with Crippen molar-refractivity contribution in [3.05, 3.63) is 11.7 Å². The van der Waals surface area contributed by atoms with E-state index in [2.05, 4.69) is 36.2 Å². The van der Waals surface area contributed by atoms with Gasteiger partial charge in [-0.15, -0.1) is 0 Å². The monoisotopic (exact) mass is 211 g/mol. The number of nitrogens with one attached hydrogen (secondary N) is 1. The van der Waals surface area contributed by atoms with Gasteiger partial charge < -0.3 is 9.84 Å². The van der Waals surface area contributed by atoms with E-state index in [1.165, 1.54) is 0 Å². The van der Waals surface area contributed by atoms with Gasteiger partial charge in [0.15, 0.2) is 5.82 Å². The molecular formula is C11H21N3O. The number of aromatic nitrogens is 2. The van der Waals surface area contributed by atoms with Gasteiger partial charge in [0.2, 0.25) is 5.89 Å². The molecule has 1 heterocycles. The van der Waals surface area contributed by atoms with Gasteiger partial charge in [-0.05, 0) is 26.8 Å². The van der Waals surface area contributed by atoms with Gasteiger partial charge >= 0.3 is 0 Å². The summed E-state index contributed by atoms with van der Waals surface area (Å²) in [5, 5.41) is 7.17. The second-order valence-corrected chi connectivity index (χ2v) is 4.08. The van der Waals surface area contributed by atoms with E-state index >= 15 is 0 Å². The van der Waals surface area contributed by atoms with E-state index in [9.17, 15) is 0 Å². The fraction of sp³-hybridized carbons (Fsp3) is 0.818. The van der Waals surface area contributed by atoms with Crippen LogP contribution in [0.1, 0.15) is 51.2 Å². The van der Waals surface area contributed by atoms with Crippen LogP contribution in [0.4, 0.5) is 0 Å². The summed E-state index contributed by atoms with van der Waals surface area (Å²) in [6.07, 6.45) is 2.93. The van der Waals surface area contributed by atoms with E-state index in [-0.39, 0.29) is 0 Å². The normalized spacial score (nSPS) is 15.2. The van der Waals surface area contributed by atoms with E-state index < -0.39 is 0 Å². The summed E-state index contributed by atoms with van der Waals surface area (Å²) in [7, 11) is 1.96. The van der Waals surface area contributed by atoms with Gasteiger partial charge in [-0.1, -0.05) is 19.0 Å². The lowest BCUT2D eigenvalue weighted by atomic mass is 10.1. The highest BCUT2D eigenvalue weighted by atomic mass is 16.5. The number of rotatable bonds is 6. The standard InChI is InChI=1S/C11H21N3O/c1-5-8(2)11-13-10(15-14-11)7-6-9(3)12-4/h8-9,12H,5-7H2,1-4H3.